The lowest BCUT2D eigenvalue weighted by Crippen LogP contribution is -2.30. The second-order valence-corrected chi connectivity index (χ2v) is 6.48. The van der Waals surface area contributed by atoms with Gasteiger partial charge in [-0.25, -0.2) is 21.9 Å². The van der Waals surface area contributed by atoms with Crippen LogP contribution in [0.5, 0.6) is 0 Å². The molecule has 0 saturated heterocycles. The van der Waals surface area contributed by atoms with E-state index < -0.39 is 32.6 Å². The Morgan fingerprint density at radius 1 is 1.39 bits per heavy atom. The minimum absolute atomic E-state index is 0.336. The summed E-state index contributed by atoms with van der Waals surface area (Å²) in [5.74, 6) is -1.54. The number of halogens is 2. The molecule has 0 saturated carbocycles. The van der Waals surface area contributed by atoms with Crippen molar-refractivity contribution in [1.82, 2.24) is 19.5 Å². The quantitative estimate of drug-likeness (QED) is 0.815. The first-order valence-corrected chi connectivity index (χ1v) is 8.17. The Morgan fingerprint density at radius 2 is 2.13 bits per heavy atom. The number of nitrogens with one attached hydrogen (secondary N) is 1. The number of aromatic nitrogens is 3. The smallest absolute Gasteiger partial charge is 0.244 e. The standard InChI is InChI=1S/C13H16F2N4O3S/c1-9(13-17-16-8-19(13)5-6-22-2)18-23(20,21)12-7-10(14)3-4-11(12)15/h3-4,7-9,18H,5-6H2,1-2H3. The third-order valence-corrected chi connectivity index (χ3v) is 4.64. The molecule has 0 bridgehead atoms. The molecule has 0 aliphatic rings. The molecule has 10 heteroatoms. The van der Waals surface area contributed by atoms with Crippen molar-refractivity contribution >= 4 is 10.0 Å². The zero-order valence-electron chi connectivity index (χ0n) is 12.5. The third kappa shape index (κ3) is 4.09. The predicted octanol–water partition coefficient (Wildman–Crippen LogP) is 1.24. The minimum atomic E-state index is -4.25. The van der Waals surface area contributed by atoms with Gasteiger partial charge in [0.15, 0.2) is 5.82 Å². The van der Waals surface area contributed by atoms with Gasteiger partial charge in [0, 0.05) is 13.7 Å². The van der Waals surface area contributed by atoms with Gasteiger partial charge in [0.1, 0.15) is 22.9 Å². The average Bonchev–Trinajstić information content (AvgIpc) is 2.95. The molecule has 0 fully saturated rings. The summed E-state index contributed by atoms with van der Waals surface area (Å²) in [6.45, 7) is 2.35. The summed E-state index contributed by atoms with van der Waals surface area (Å²) in [6.07, 6.45) is 1.43. The molecular weight excluding hydrogens is 330 g/mol. The molecule has 1 heterocycles. The Balaban J connectivity index is 2.23. The van der Waals surface area contributed by atoms with Crippen molar-refractivity contribution in [3.8, 4) is 0 Å². The number of benzene rings is 1. The Kier molecular flexibility index (Phi) is 5.39. The average molecular weight is 346 g/mol. The normalized spacial score (nSPS) is 13.2. The van der Waals surface area contributed by atoms with Crippen molar-refractivity contribution in [1.29, 1.82) is 0 Å². The summed E-state index contributed by atoms with van der Waals surface area (Å²) >= 11 is 0. The lowest BCUT2D eigenvalue weighted by molar-refractivity contribution is 0.185. The number of rotatable bonds is 7. The first-order valence-electron chi connectivity index (χ1n) is 6.69. The molecule has 0 spiro atoms. The van der Waals surface area contributed by atoms with E-state index in [0.717, 1.165) is 12.1 Å². The first kappa shape index (κ1) is 17.4. The number of methoxy groups -OCH3 is 1. The maximum atomic E-state index is 13.7. The topological polar surface area (TPSA) is 86.1 Å². The molecule has 2 rings (SSSR count). The molecule has 0 radical (unpaired) electrons. The van der Waals surface area contributed by atoms with E-state index >= 15 is 0 Å². The zero-order valence-corrected chi connectivity index (χ0v) is 13.3. The predicted molar refractivity (Wildman–Crippen MR) is 77.0 cm³/mol. The fraction of sp³-hybridized carbons (Fsp3) is 0.385. The molecule has 7 nitrogen and oxygen atoms in total. The molecule has 1 atom stereocenters. The van der Waals surface area contributed by atoms with Crippen LogP contribution in [0.1, 0.15) is 18.8 Å². The monoisotopic (exact) mass is 346 g/mol. The molecule has 1 unspecified atom stereocenters. The summed E-state index contributed by atoms with van der Waals surface area (Å²) in [4.78, 5) is -0.757. The lowest BCUT2D eigenvalue weighted by Gasteiger charge is -2.15. The molecule has 126 valence electrons. The van der Waals surface area contributed by atoms with Crippen LogP contribution in [-0.2, 0) is 21.3 Å². The van der Waals surface area contributed by atoms with Gasteiger partial charge in [-0.15, -0.1) is 10.2 Å². The van der Waals surface area contributed by atoms with Gasteiger partial charge >= 0.3 is 0 Å². The van der Waals surface area contributed by atoms with Gasteiger partial charge in [-0.05, 0) is 25.1 Å². The summed E-state index contributed by atoms with van der Waals surface area (Å²) < 4.78 is 60.1. The van der Waals surface area contributed by atoms with Crippen LogP contribution in [0.25, 0.3) is 0 Å². The van der Waals surface area contributed by atoms with E-state index in [-0.39, 0.29) is 0 Å². The van der Waals surface area contributed by atoms with Crippen molar-refractivity contribution in [3.63, 3.8) is 0 Å². The molecule has 0 amide bonds. The van der Waals surface area contributed by atoms with E-state index in [4.69, 9.17) is 4.74 Å². The van der Waals surface area contributed by atoms with Crippen molar-refractivity contribution in [3.05, 3.63) is 42.0 Å². The number of hydrogen-bond donors (Lipinski definition) is 1. The fourth-order valence-electron chi connectivity index (χ4n) is 1.99. The van der Waals surface area contributed by atoms with Gasteiger partial charge in [-0.1, -0.05) is 0 Å². The van der Waals surface area contributed by atoms with Crippen LogP contribution in [0.3, 0.4) is 0 Å². The number of hydrogen-bond acceptors (Lipinski definition) is 5. The van der Waals surface area contributed by atoms with Crippen molar-refractivity contribution in [2.24, 2.45) is 0 Å². The Hall–Kier alpha value is -1.91. The Labute approximate surface area is 132 Å². The summed E-state index contributed by atoms with van der Waals surface area (Å²) in [5.41, 5.74) is 0. The molecule has 2 aromatic rings. The first-order chi connectivity index (χ1) is 10.8. The summed E-state index contributed by atoms with van der Waals surface area (Å²) in [6, 6.07) is 1.44. The SMILES string of the molecule is COCCn1cnnc1C(C)NS(=O)(=O)c1cc(F)ccc1F. The number of nitrogens with zero attached hydrogens (tertiary/aromatic N) is 3. The molecule has 1 aromatic heterocycles. The van der Waals surface area contributed by atoms with Crippen LogP contribution in [0.4, 0.5) is 8.78 Å². The zero-order chi connectivity index (χ0) is 17.0. The largest absolute Gasteiger partial charge is 0.383 e. The van der Waals surface area contributed by atoms with Crippen LogP contribution < -0.4 is 4.72 Å². The van der Waals surface area contributed by atoms with E-state index in [1.54, 1.807) is 4.57 Å². The lowest BCUT2D eigenvalue weighted by atomic mass is 10.3. The van der Waals surface area contributed by atoms with E-state index in [2.05, 4.69) is 14.9 Å². The number of sulfonamides is 1. The highest BCUT2D eigenvalue weighted by molar-refractivity contribution is 7.89. The van der Waals surface area contributed by atoms with E-state index in [0.29, 0.717) is 25.0 Å². The van der Waals surface area contributed by atoms with E-state index in [1.165, 1.54) is 20.4 Å². The van der Waals surface area contributed by atoms with Crippen LogP contribution >= 0.6 is 0 Å². The van der Waals surface area contributed by atoms with Gasteiger partial charge in [-0.2, -0.15) is 0 Å². The van der Waals surface area contributed by atoms with Crippen molar-refractivity contribution < 1.29 is 21.9 Å². The Bertz CT molecular complexity index is 779. The van der Waals surface area contributed by atoms with E-state index in [1.807, 2.05) is 0 Å². The maximum absolute atomic E-state index is 13.7. The molecule has 0 aliphatic heterocycles. The highest BCUT2D eigenvalue weighted by Gasteiger charge is 2.25. The second kappa shape index (κ2) is 7.11. The summed E-state index contributed by atoms with van der Waals surface area (Å²) in [5, 5.41) is 7.57. The van der Waals surface area contributed by atoms with Crippen molar-refractivity contribution in [2.75, 3.05) is 13.7 Å². The van der Waals surface area contributed by atoms with Gasteiger partial charge in [0.05, 0.1) is 12.6 Å². The maximum Gasteiger partial charge on any atom is 0.244 e. The van der Waals surface area contributed by atoms with Gasteiger partial charge in [-0.3, -0.25) is 0 Å². The molecular formula is C13H16F2N4O3S. The summed E-state index contributed by atoms with van der Waals surface area (Å²) in [7, 11) is -2.72. The van der Waals surface area contributed by atoms with Crippen LogP contribution in [0.15, 0.2) is 29.4 Å². The highest BCUT2D eigenvalue weighted by atomic mass is 32.2. The minimum Gasteiger partial charge on any atom is -0.383 e. The molecule has 1 aromatic carbocycles. The van der Waals surface area contributed by atoms with Gasteiger partial charge in [0.2, 0.25) is 10.0 Å². The third-order valence-electron chi connectivity index (χ3n) is 3.08. The highest BCUT2D eigenvalue weighted by Crippen LogP contribution is 2.19. The van der Waals surface area contributed by atoms with Crippen LogP contribution in [-0.4, -0.2) is 36.9 Å². The van der Waals surface area contributed by atoms with Crippen LogP contribution in [0, 0.1) is 11.6 Å². The molecule has 23 heavy (non-hydrogen) atoms. The van der Waals surface area contributed by atoms with Crippen LogP contribution in [0.2, 0.25) is 0 Å². The van der Waals surface area contributed by atoms with E-state index in [9.17, 15) is 17.2 Å². The fourth-order valence-corrected chi connectivity index (χ4v) is 3.28. The molecule has 1 N–H and O–H groups in total. The second-order valence-electron chi connectivity index (χ2n) is 4.79. The number of ether oxygens (including phenoxy) is 1. The van der Waals surface area contributed by atoms with Gasteiger partial charge < -0.3 is 9.30 Å². The Morgan fingerprint density at radius 3 is 2.83 bits per heavy atom. The van der Waals surface area contributed by atoms with Gasteiger partial charge in [0.25, 0.3) is 0 Å². The van der Waals surface area contributed by atoms with Crippen molar-refractivity contribution in [2.45, 2.75) is 24.4 Å². The molecule has 0 aliphatic carbocycles.